The first-order chi connectivity index (χ1) is 11.3. The van der Waals surface area contributed by atoms with Crippen LogP contribution in [0.3, 0.4) is 0 Å². The van der Waals surface area contributed by atoms with E-state index in [-0.39, 0.29) is 18.1 Å². The smallest absolute Gasteiger partial charge is 0.249 e. The van der Waals surface area contributed by atoms with Gasteiger partial charge in [0.25, 0.3) is 0 Å². The van der Waals surface area contributed by atoms with Crippen LogP contribution < -0.4 is 5.32 Å². The number of ether oxygens (including phenoxy) is 1. The number of nitrogens with zero attached hydrogens (tertiary/aromatic N) is 2. The standard InChI is InChI=1S/C18H25N3O2/c22-18(20-10-13-1-2-13)16-9-15-5-8-21(12-17(15)23-16)11-14-3-6-19-7-4-14/h3-4,6-7,13,15-17H,1-2,5,8-12H2,(H,20,22)/t15-,16-,17+/m0/s1. The van der Waals surface area contributed by atoms with Crippen molar-refractivity contribution in [3.63, 3.8) is 0 Å². The minimum absolute atomic E-state index is 0.104. The van der Waals surface area contributed by atoms with Crippen LogP contribution in [0.25, 0.3) is 0 Å². The number of hydrogen-bond donors (Lipinski definition) is 1. The first-order valence-electron chi connectivity index (χ1n) is 8.82. The highest BCUT2D eigenvalue weighted by Crippen LogP contribution is 2.34. The van der Waals surface area contributed by atoms with E-state index < -0.39 is 0 Å². The fraction of sp³-hybridized carbons (Fsp3) is 0.667. The molecule has 3 fully saturated rings. The Labute approximate surface area is 137 Å². The van der Waals surface area contributed by atoms with Crippen LogP contribution in [0.5, 0.6) is 0 Å². The number of aromatic nitrogens is 1. The van der Waals surface area contributed by atoms with Gasteiger partial charge < -0.3 is 10.1 Å². The Hall–Kier alpha value is -1.46. The molecule has 3 heterocycles. The number of fused-ring (bicyclic) bond motifs is 1. The second kappa shape index (κ2) is 6.57. The zero-order valence-corrected chi connectivity index (χ0v) is 13.5. The molecule has 0 aromatic carbocycles. The maximum absolute atomic E-state index is 12.2. The van der Waals surface area contributed by atoms with Gasteiger partial charge in [-0.2, -0.15) is 0 Å². The summed E-state index contributed by atoms with van der Waals surface area (Å²) in [6.45, 7) is 3.79. The molecule has 2 aliphatic heterocycles. The SMILES string of the molecule is O=C(NCC1CC1)[C@@H]1C[C@@H]2CCN(Cc3ccncc3)C[C@H]2O1. The van der Waals surface area contributed by atoms with Crippen LogP contribution in [0, 0.1) is 11.8 Å². The molecule has 1 aromatic rings. The third kappa shape index (κ3) is 3.72. The number of nitrogens with one attached hydrogen (secondary N) is 1. The third-order valence-electron chi connectivity index (χ3n) is 5.35. The normalized spacial score (nSPS) is 30.9. The summed E-state index contributed by atoms with van der Waals surface area (Å²) in [6.07, 6.45) is 8.21. The van der Waals surface area contributed by atoms with E-state index in [1.54, 1.807) is 0 Å². The number of rotatable bonds is 5. The zero-order valence-electron chi connectivity index (χ0n) is 13.5. The van der Waals surface area contributed by atoms with Crippen molar-refractivity contribution in [1.82, 2.24) is 15.2 Å². The van der Waals surface area contributed by atoms with Crippen LogP contribution in [-0.4, -0.2) is 47.6 Å². The minimum atomic E-state index is -0.232. The van der Waals surface area contributed by atoms with Crippen molar-refractivity contribution in [2.45, 2.75) is 44.4 Å². The lowest BCUT2D eigenvalue weighted by atomic mass is 9.91. The number of hydrogen-bond acceptors (Lipinski definition) is 4. The Morgan fingerprint density at radius 3 is 2.91 bits per heavy atom. The Bertz CT molecular complexity index is 546. The Morgan fingerprint density at radius 1 is 1.30 bits per heavy atom. The highest BCUT2D eigenvalue weighted by molar-refractivity contribution is 5.81. The van der Waals surface area contributed by atoms with Gasteiger partial charge in [-0.15, -0.1) is 0 Å². The summed E-state index contributed by atoms with van der Waals surface area (Å²) in [5, 5.41) is 3.06. The van der Waals surface area contributed by atoms with Crippen molar-refractivity contribution >= 4 is 5.91 Å². The molecule has 0 spiro atoms. The van der Waals surface area contributed by atoms with Gasteiger partial charge >= 0.3 is 0 Å². The summed E-state index contributed by atoms with van der Waals surface area (Å²) >= 11 is 0. The maximum Gasteiger partial charge on any atom is 0.249 e. The van der Waals surface area contributed by atoms with Gasteiger partial charge in [0, 0.05) is 32.0 Å². The van der Waals surface area contributed by atoms with Crippen molar-refractivity contribution in [1.29, 1.82) is 0 Å². The summed E-state index contributed by atoms with van der Waals surface area (Å²) in [6, 6.07) is 4.13. The van der Waals surface area contributed by atoms with Gasteiger partial charge in [-0.3, -0.25) is 14.7 Å². The lowest BCUT2D eigenvalue weighted by molar-refractivity contribution is -0.132. The molecule has 0 bridgehead atoms. The summed E-state index contributed by atoms with van der Waals surface area (Å²) < 4.78 is 6.08. The van der Waals surface area contributed by atoms with Crippen LogP contribution in [0.1, 0.15) is 31.2 Å². The molecule has 1 aromatic heterocycles. The second-order valence-corrected chi connectivity index (χ2v) is 7.23. The lowest BCUT2D eigenvalue weighted by Gasteiger charge is -2.34. The second-order valence-electron chi connectivity index (χ2n) is 7.23. The molecule has 23 heavy (non-hydrogen) atoms. The van der Waals surface area contributed by atoms with Gasteiger partial charge in [-0.1, -0.05) is 0 Å². The predicted molar refractivity (Wildman–Crippen MR) is 86.6 cm³/mol. The fourth-order valence-corrected chi connectivity index (χ4v) is 3.73. The molecule has 1 aliphatic carbocycles. The molecular formula is C18H25N3O2. The summed E-state index contributed by atoms with van der Waals surface area (Å²) in [4.78, 5) is 18.7. The topological polar surface area (TPSA) is 54.5 Å². The molecule has 1 saturated carbocycles. The molecule has 5 nitrogen and oxygen atoms in total. The summed E-state index contributed by atoms with van der Waals surface area (Å²) in [5.41, 5.74) is 1.29. The number of amides is 1. The first-order valence-corrected chi connectivity index (χ1v) is 8.82. The molecule has 4 rings (SSSR count). The summed E-state index contributed by atoms with van der Waals surface area (Å²) in [7, 11) is 0. The molecule has 0 radical (unpaired) electrons. The van der Waals surface area contributed by atoms with E-state index in [4.69, 9.17) is 4.74 Å². The lowest BCUT2D eigenvalue weighted by Crippen LogP contribution is -2.42. The largest absolute Gasteiger partial charge is 0.364 e. The van der Waals surface area contributed by atoms with Gasteiger partial charge in [-0.05, 0) is 61.8 Å². The molecule has 2 saturated heterocycles. The Kier molecular flexibility index (Phi) is 4.31. The average molecular weight is 315 g/mol. The van der Waals surface area contributed by atoms with Crippen molar-refractivity contribution in [3.8, 4) is 0 Å². The molecule has 124 valence electrons. The molecule has 1 amide bonds. The number of piperidine rings is 1. The van der Waals surface area contributed by atoms with E-state index in [0.29, 0.717) is 5.92 Å². The van der Waals surface area contributed by atoms with Gasteiger partial charge in [0.1, 0.15) is 6.10 Å². The maximum atomic E-state index is 12.2. The van der Waals surface area contributed by atoms with Gasteiger partial charge in [-0.25, -0.2) is 0 Å². The van der Waals surface area contributed by atoms with Gasteiger partial charge in [0.15, 0.2) is 0 Å². The van der Waals surface area contributed by atoms with Gasteiger partial charge in [0.2, 0.25) is 5.91 Å². The zero-order chi connectivity index (χ0) is 15.6. The van der Waals surface area contributed by atoms with Crippen LogP contribution in [0.2, 0.25) is 0 Å². The van der Waals surface area contributed by atoms with E-state index in [9.17, 15) is 4.79 Å². The van der Waals surface area contributed by atoms with E-state index in [1.807, 2.05) is 12.4 Å². The molecule has 3 atom stereocenters. The Morgan fingerprint density at radius 2 is 2.13 bits per heavy atom. The average Bonchev–Trinajstić information content (AvgIpc) is 3.31. The van der Waals surface area contributed by atoms with Crippen molar-refractivity contribution in [3.05, 3.63) is 30.1 Å². The number of carbonyl (C=O) groups is 1. The molecular weight excluding hydrogens is 290 g/mol. The van der Waals surface area contributed by atoms with Crippen molar-refractivity contribution < 1.29 is 9.53 Å². The number of carbonyl (C=O) groups excluding carboxylic acids is 1. The predicted octanol–water partition coefficient (Wildman–Crippen LogP) is 1.59. The van der Waals surface area contributed by atoms with E-state index in [0.717, 1.165) is 44.9 Å². The molecule has 0 unspecified atom stereocenters. The summed E-state index contributed by atoms with van der Waals surface area (Å²) in [5.74, 6) is 1.37. The van der Waals surface area contributed by atoms with Crippen LogP contribution >= 0.6 is 0 Å². The van der Waals surface area contributed by atoms with E-state index >= 15 is 0 Å². The third-order valence-corrected chi connectivity index (χ3v) is 5.35. The molecule has 3 aliphatic rings. The minimum Gasteiger partial charge on any atom is -0.364 e. The molecule has 5 heteroatoms. The Balaban J connectivity index is 1.28. The molecule has 1 N–H and O–H groups in total. The highest BCUT2D eigenvalue weighted by Gasteiger charge is 2.41. The van der Waals surface area contributed by atoms with Crippen molar-refractivity contribution in [2.24, 2.45) is 11.8 Å². The quantitative estimate of drug-likeness (QED) is 0.896. The van der Waals surface area contributed by atoms with E-state index in [1.165, 1.54) is 18.4 Å². The fourth-order valence-electron chi connectivity index (χ4n) is 3.73. The number of pyridine rings is 1. The highest BCUT2D eigenvalue weighted by atomic mass is 16.5. The van der Waals surface area contributed by atoms with Crippen LogP contribution in [0.15, 0.2) is 24.5 Å². The van der Waals surface area contributed by atoms with Gasteiger partial charge in [0.05, 0.1) is 6.10 Å². The van der Waals surface area contributed by atoms with Crippen LogP contribution in [0.4, 0.5) is 0 Å². The van der Waals surface area contributed by atoms with Crippen molar-refractivity contribution in [2.75, 3.05) is 19.6 Å². The first kappa shape index (κ1) is 15.1. The van der Waals surface area contributed by atoms with E-state index in [2.05, 4.69) is 27.3 Å². The number of likely N-dealkylation sites (tertiary alicyclic amines) is 1. The van der Waals surface area contributed by atoms with Crippen LogP contribution in [-0.2, 0) is 16.1 Å². The monoisotopic (exact) mass is 315 g/mol.